The summed E-state index contributed by atoms with van der Waals surface area (Å²) in [6.45, 7) is 0.487. The summed E-state index contributed by atoms with van der Waals surface area (Å²) in [5.41, 5.74) is 0. The fourth-order valence-corrected chi connectivity index (χ4v) is 0.629. The van der Waals surface area contributed by atoms with Crippen LogP contribution in [0.25, 0.3) is 0 Å². The standard InChI is InChI=1S/C3H7N3O3.Na/c7-3-1-5(2-3)6(9)4-8;/h3,7-8H,1-2H2;. The average molecular weight is 156 g/mol. The van der Waals surface area contributed by atoms with E-state index in [1.807, 2.05) is 0 Å². The number of hydrazine groups is 1. The van der Waals surface area contributed by atoms with E-state index in [1.165, 1.54) is 0 Å². The summed E-state index contributed by atoms with van der Waals surface area (Å²) in [7, 11) is 0. The molecule has 10 heavy (non-hydrogen) atoms. The van der Waals surface area contributed by atoms with Crippen LogP contribution in [0.5, 0.6) is 0 Å². The molecule has 1 fully saturated rings. The Kier molecular flexibility index (Phi) is 3.95. The number of nitrogens with zero attached hydrogens (tertiary/aromatic N) is 3. The normalized spacial score (nSPS) is 19.7. The second-order valence-electron chi connectivity index (χ2n) is 1.87. The minimum atomic E-state index is -0.455. The van der Waals surface area contributed by atoms with E-state index in [9.17, 15) is 5.21 Å². The van der Waals surface area contributed by atoms with Gasteiger partial charge in [-0.05, 0) is 0 Å². The predicted octanol–water partition coefficient (Wildman–Crippen LogP) is -1.45. The summed E-state index contributed by atoms with van der Waals surface area (Å²) in [4.78, 5) is 0.0483. The van der Waals surface area contributed by atoms with Gasteiger partial charge in [0.25, 0.3) is 0 Å². The van der Waals surface area contributed by atoms with Crippen LogP contribution in [0.4, 0.5) is 0 Å². The van der Waals surface area contributed by atoms with Gasteiger partial charge in [-0.3, -0.25) is 0 Å². The van der Waals surface area contributed by atoms with Gasteiger partial charge in [-0.2, -0.15) is 0 Å². The zero-order valence-electron chi connectivity index (χ0n) is 5.64. The van der Waals surface area contributed by atoms with Crippen LogP contribution in [0.2, 0.25) is 0 Å². The molecule has 0 aromatic rings. The van der Waals surface area contributed by atoms with Gasteiger partial charge in [-0.15, -0.1) is 5.01 Å². The molecule has 7 heteroatoms. The Morgan fingerprint density at radius 2 is 2.10 bits per heavy atom. The summed E-state index contributed by atoms with van der Waals surface area (Å²) in [5.74, 6) is 0. The number of β-amino-alcohol motifs (C(OH)–C–C–N with tert-alkyl or cyclic N) is 1. The molecule has 0 saturated carbocycles. The van der Waals surface area contributed by atoms with Gasteiger partial charge in [-0.25, -0.2) is 0 Å². The summed E-state index contributed by atoms with van der Waals surface area (Å²) in [6, 6.07) is 0. The molecule has 1 radical (unpaired) electrons. The molecule has 0 bridgehead atoms. The second-order valence-corrected chi connectivity index (χ2v) is 1.87. The Morgan fingerprint density at radius 3 is 2.40 bits per heavy atom. The third-order valence-electron chi connectivity index (χ3n) is 1.16. The third kappa shape index (κ3) is 1.98. The van der Waals surface area contributed by atoms with Crippen molar-refractivity contribution in [2.75, 3.05) is 13.1 Å². The molecule has 2 N–H and O–H groups in total. The Balaban J connectivity index is 0.000000810. The average Bonchev–Trinajstić information content (AvgIpc) is 1.79. The summed E-state index contributed by atoms with van der Waals surface area (Å²) < 4.78 is 0. The molecule has 1 rings (SSSR count). The summed E-state index contributed by atoms with van der Waals surface area (Å²) in [6.07, 6.45) is -0.455. The van der Waals surface area contributed by atoms with Crippen LogP contribution < -0.4 is 0 Å². The van der Waals surface area contributed by atoms with E-state index in [0.29, 0.717) is 0 Å². The third-order valence-corrected chi connectivity index (χ3v) is 1.16. The molecular formula is C3H7N3NaO3. The van der Waals surface area contributed by atoms with Gasteiger partial charge < -0.3 is 15.5 Å². The van der Waals surface area contributed by atoms with Crippen molar-refractivity contribution in [3.05, 3.63) is 5.21 Å². The van der Waals surface area contributed by atoms with Gasteiger partial charge in [0.15, 0.2) is 0 Å². The molecule has 0 atom stereocenters. The smallest absolute Gasteiger partial charge is 0.230 e. The van der Waals surface area contributed by atoms with Crippen LogP contribution in [-0.4, -0.2) is 69.0 Å². The van der Waals surface area contributed by atoms with Crippen molar-refractivity contribution in [3.8, 4) is 0 Å². The van der Waals surface area contributed by atoms with E-state index in [-0.39, 0.29) is 47.6 Å². The van der Waals surface area contributed by atoms with Crippen molar-refractivity contribution in [1.82, 2.24) is 5.01 Å². The first kappa shape index (κ1) is 9.96. The quantitative estimate of drug-likeness (QED) is 0.210. The van der Waals surface area contributed by atoms with Crippen molar-refractivity contribution < 1.29 is 15.3 Å². The van der Waals surface area contributed by atoms with E-state index in [4.69, 9.17) is 10.3 Å². The molecule has 0 aliphatic carbocycles. The van der Waals surface area contributed by atoms with Gasteiger partial charge >= 0.3 is 0 Å². The Labute approximate surface area is 79.6 Å². The zero-order valence-corrected chi connectivity index (χ0v) is 7.64. The number of hydrogen-bond acceptors (Lipinski definition) is 3. The molecule has 1 aliphatic rings. The molecule has 0 spiro atoms. The van der Waals surface area contributed by atoms with Crippen LogP contribution in [-0.2, 0) is 0 Å². The fourth-order valence-electron chi connectivity index (χ4n) is 0.629. The summed E-state index contributed by atoms with van der Waals surface area (Å²) in [5, 5.41) is 30.3. The molecule has 0 aromatic carbocycles. The van der Waals surface area contributed by atoms with Crippen molar-refractivity contribution >= 4 is 29.6 Å². The van der Waals surface area contributed by atoms with Crippen LogP contribution >= 0.6 is 0 Å². The molecular weight excluding hydrogens is 149 g/mol. The minimum absolute atomic E-state index is 0. The van der Waals surface area contributed by atoms with Crippen molar-refractivity contribution in [2.45, 2.75) is 6.10 Å². The maximum absolute atomic E-state index is 10.3. The molecule has 53 valence electrons. The van der Waals surface area contributed by atoms with Crippen LogP contribution in [0.3, 0.4) is 0 Å². The topological polar surface area (TPSA) is 82.1 Å². The summed E-state index contributed by atoms with van der Waals surface area (Å²) >= 11 is 0. The van der Waals surface area contributed by atoms with Crippen molar-refractivity contribution in [1.29, 1.82) is 0 Å². The van der Waals surface area contributed by atoms with Gasteiger partial charge in [0.05, 0.1) is 4.97 Å². The second kappa shape index (κ2) is 3.97. The van der Waals surface area contributed by atoms with Crippen LogP contribution in [0, 0.1) is 5.21 Å². The molecule has 1 heterocycles. The molecule has 0 unspecified atom stereocenters. The van der Waals surface area contributed by atoms with E-state index in [1.54, 1.807) is 0 Å². The Morgan fingerprint density at radius 1 is 1.60 bits per heavy atom. The van der Waals surface area contributed by atoms with Crippen LogP contribution in [0.15, 0.2) is 5.28 Å². The van der Waals surface area contributed by atoms with E-state index >= 15 is 0 Å². The molecule has 6 nitrogen and oxygen atoms in total. The molecule has 1 saturated heterocycles. The number of aliphatic hydroxyl groups excluding tert-OH is 1. The van der Waals surface area contributed by atoms with E-state index in [2.05, 4.69) is 5.28 Å². The zero-order chi connectivity index (χ0) is 6.85. The van der Waals surface area contributed by atoms with Gasteiger partial charge in [0.1, 0.15) is 19.2 Å². The maximum Gasteiger partial charge on any atom is 0.230 e. The van der Waals surface area contributed by atoms with Crippen molar-refractivity contribution in [3.63, 3.8) is 0 Å². The Hall–Kier alpha value is -0.0400. The predicted molar refractivity (Wildman–Crippen MR) is 31.2 cm³/mol. The number of aliphatic hydroxyl groups is 1. The van der Waals surface area contributed by atoms with E-state index in [0.717, 1.165) is 5.01 Å². The van der Waals surface area contributed by atoms with Gasteiger partial charge in [-0.1, -0.05) is 0 Å². The fraction of sp³-hybridized carbons (Fsp3) is 1.00. The molecule has 0 aromatic heterocycles. The van der Waals surface area contributed by atoms with Crippen LogP contribution in [0.1, 0.15) is 0 Å². The first-order valence-electron chi connectivity index (χ1n) is 2.49. The first-order chi connectivity index (χ1) is 4.24. The monoisotopic (exact) mass is 156 g/mol. The van der Waals surface area contributed by atoms with E-state index < -0.39 is 6.10 Å². The Bertz CT molecular complexity index is 135. The van der Waals surface area contributed by atoms with Gasteiger partial charge in [0.2, 0.25) is 5.28 Å². The largest absolute Gasteiger partial charge is 0.569 e. The van der Waals surface area contributed by atoms with Crippen molar-refractivity contribution in [2.24, 2.45) is 5.28 Å². The minimum Gasteiger partial charge on any atom is -0.569 e. The molecule has 1 aliphatic heterocycles. The maximum atomic E-state index is 10.3. The molecule has 0 amide bonds. The van der Waals surface area contributed by atoms with Gasteiger partial charge in [0, 0.05) is 29.6 Å². The number of rotatable bonds is 1. The SMILES string of the molecule is [Na].[O-][N+](=NO)N1CC(O)C1. The number of hydrogen-bond donors (Lipinski definition) is 2. The first-order valence-corrected chi connectivity index (χ1v) is 2.49.